The molecule has 90 valence electrons. The van der Waals surface area contributed by atoms with E-state index in [0.29, 0.717) is 10.3 Å². The fourth-order valence-electron chi connectivity index (χ4n) is 1.48. The lowest BCUT2D eigenvalue weighted by molar-refractivity contribution is 0.698. The number of rotatable bonds is 4. The molecule has 0 aliphatic heterocycles. The Labute approximate surface area is 106 Å². The number of aromatic amines is 2. The quantitative estimate of drug-likeness (QED) is 0.803. The molecule has 2 rings (SSSR count). The summed E-state index contributed by atoms with van der Waals surface area (Å²) in [5, 5.41) is 3.17. The van der Waals surface area contributed by atoms with Crippen LogP contribution in [0.4, 0.5) is 5.82 Å². The van der Waals surface area contributed by atoms with Gasteiger partial charge in [-0.25, -0.2) is 9.97 Å². The van der Waals surface area contributed by atoms with E-state index in [9.17, 15) is 4.79 Å². The SMILES string of the molecule is CCC(Nc1nc[nH]c(=O)c1Br)c1ncc[nH]1. The van der Waals surface area contributed by atoms with E-state index in [4.69, 9.17) is 0 Å². The van der Waals surface area contributed by atoms with Gasteiger partial charge in [-0.15, -0.1) is 0 Å². The van der Waals surface area contributed by atoms with Crippen molar-refractivity contribution in [2.24, 2.45) is 0 Å². The monoisotopic (exact) mass is 297 g/mol. The van der Waals surface area contributed by atoms with Gasteiger partial charge in [-0.05, 0) is 22.4 Å². The predicted octanol–water partition coefficient (Wildman–Crippen LogP) is 1.82. The molecule has 6 nitrogen and oxygen atoms in total. The van der Waals surface area contributed by atoms with Crippen molar-refractivity contribution in [1.82, 2.24) is 19.9 Å². The zero-order valence-electron chi connectivity index (χ0n) is 9.20. The van der Waals surface area contributed by atoms with Crippen LogP contribution in [0, 0.1) is 0 Å². The molecule has 7 heteroatoms. The lowest BCUT2D eigenvalue weighted by Gasteiger charge is -2.15. The number of aromatic nitrogens is 4. The van der Waals surface area contributed by atoms with Crippen molar-refractivity contribution in [2.75, 3.05) is 5.32 Å². The van der Waals surface area contributed by atoms with Crippen molar-refractivity contribution in [1.29, 1.82) is 0 Å². The molecule has 0 spiro atoms. The Morgan fingerprint density at radius 3 is 2.94 bits per heavy atom. The van der Waals surface area contributed by atoms with Crippen LogP contribution in [0.1, 0.15) is 25.2 Å². The molecule has 2 aromatic rings. The second-order valence-corrected chi connectivity index (χ2v) is 4.27. The number of hydrogen-bond acceptors (Lipinski definition) is 4. The van der Waals surface area contributed by atoms with Crippen LogP contribution in [-0.4, -0.2) is 19.9 Å². The normalized spacial score (nSPS) is 12.4. The zero-order valence-corrected chi connectivity index (χ0v) is 10.8. The highest BCUT2D eigenvalue weighted by atomic mass is 79.9. The second kappa shape index (κ2) is 5.13. The predicted molar refractivity (Wildman–Crippen MR) is 67.8 cm³/mol. The third-order valence-corrected chi connectivity index (χ3v) is 3.10. The molecule has 0 fully saturated rings. The molecule has 2 aromatic heterocycles. The first-order valence-corrected chi connectivity index (χ1v) is 6.00. The molecular formula is C10H12BrN5O. The zero-order chi connectivity index (χ0) is 12.3. The van der Waals surface area contributed by atoms with Gasteiger partial charge in [-0.1, -0.05) is 6.92 Å². The van der Waals surface area contributed by atoms with Crippen LogP contribution in [0.25, 0.3) is 0 Å². The summed E-state index contributed by atoms with van der Waals surface area (Å²) < 4.78 is 0.394. The molecule has 1 unspecified atom stereocenters. The van der Waals surface area contributed by atoms with E-state index in [-0.39, 0.29) is 11.6 Å². The average Bonchev–Trinajstić information content (AvgIpc) is 2.85. The van der Waals surface area contributed by atoms with Crippen LogP contribution in [0.2, 0.25) is 0 Å². The minimum absolute atomic E-state index is 0.00407. The number of nitrogens with one attached hydrogen (secondary N) is 3. The van der Waals surface area contributed by atoms with Crippen molar-refractivity contribution in [2.45, 2.75) is 19.4 Å². The first-order chi connectivity index (χ1) is 8.22. The van der Waals surface area contributed by atoms with E-state index < -0.39 is 0 Å². The van der Waals surface area contributed by atoms with E-state index >= 15 is 0 Å². The highest BCUT2D eigenvalue weighted by Crippen LogP contribution is 2.21. The number of halogens is 1. The minimum Gasteiger partial charge on any atom is -0.359 e. The third-order valence-electron chi connectivity index (χ3n) is 2.37. The van der Waals surface area contributed by atoms with Gasteiger partial charge in [0.25, 0.3) is 5.56 Å². The molecule has 0 aromatic carbocycles. The molecule has 0 aliphatic carbocycles. The maximum absolute atomic E-state index is 11.4. The van der Waals surface area contributed by atoms with Gasteiger partial charge in [0.15, 0.2) is 0 Å². The van der Waals surface area contributed by atoms with Crippen LogP contribution in [0.15, 0.2) is 28.0 Å². The smallest absolute Gasteiger partial charge is 0.267 e. The standard InChI is InChI=1S/C10H12BrN5O/c1-2-6(8-12-3-4-13-8)16-9-7(11)10(17)15-5-14-9/h3-6H,2H2,1H3,(H,12,13)(H2,14,15,16,17). The Bertz CT molecular complexity index is 536. The van der Waals surface area contributed by atoms with Crippen LogP contribution < -0.4 is 10.9 Å². The molecule has 0 radical (unpaired) electrons. The molecule has 0 aliphatic rings. The molecule has 0 amide bonds. The van der Waals surface area contributed by atoms with E-state index in [1.165, 1.54) is 6.33 Å². The Hall–Kier alpha value is -1.63. The number of H-pyrrole nitrogens is 2. The molecular weight excluding hydrogens is 286 g/mol. The number of nitrogens with zero attached hydrogens (tertiary/aromatic N) is 2. The van der Waals surface area contributed by atoms with Crippen molar-refractivity contribution >= 4 is 21.7 Å². The summed E-state index contributed by atoms with van der Waals surface area (Å²) in [5.74, 6) is 1.33. The summed E-state index contributed by atoms with van der Waals surface area (Å²) in [6, 6.07) is -0.00407. The summed E-state index contributed by atoms with van der Waals surface area (Å²) in [5.41, 5.74) is -0.211. The Kier molecular flexibility index (Phi) is 3.58. The Morgan fingerprint density at radius 2 is 2.29 bits per heavy atom. The summed E-state index contributed by atoms with van der Waals surface area (Å²) in [7, 11) is 0. The van der Waals surface area contributed by atoms with Gasteiger partial charge in [-0.2, -0.15) is 0 Å². The maximum atomic E-state index is 11.4. The van der Waals surface area contributed by atoms with E-state index in [0.717, 1.165) is 12.2 Å². The fraction of sp³-hybridized carbons (Fsp3) is 0.300. The second-order valence-electron chi connectivity index (χ2n) is 3.47. The van der Waals surface area contributed by atoms with Gasteiger partial charge < -0.3 is 15.3 Å². The van der Waals surface area contributed by atoms with Crippen LogP contribution in [0.5, 0.6) is 0 Å². The van der Waals surface area contributed by atoms with Gasteiger partial charge in [0.05, 0.1) is 12.4 Å². The first-order valence-electron chi connectivity index (χ1n) is 5.21. The molecule has 0 saturated heterocycles. The Morgan fingerprint density at radius 1 is 1.47 bits per heavy atom. The topological polar surface area (TPSA) is 86.5 Å². The number of anilines is 1. The van der Waals surface area contributed by atoms with Gasteiger partial charge in [-0.3, -0.25) is 4.79 Å². The maximum Gasteiger partial charge on any atom is 0.267 e. The van der Waals surface area contributed by atoms with E-state index in [2.05, 4.69) is 41.2 Å². The summed E-state index contributed by atoms with van der Waals surface area (Å²) >= 11 is 3.20. The number of imidazole rings is 1. The molecule has 0 saturated carbocycles. The van der Waals surface area contributed by atoms with Crippen molar-refractivity contribution < 1.29 is 0 Å². The lowest BCUT2D eigenvalue weighted by Crippen LogP contribution is -2.16. The molecule has 1 atom stereocenters. The highest BCUT2D eigenvalue weighted by molar-refractivity contribution is 9.10. The minimum atomic E-state index is -0.211. The first kappa shape index (κ1) is 11.8. The Balaban J connectivity index is 2.25. The van der Waals surface area contributed by atoms with Crippen LogP contribution in [-0.2, 0) is 0 Å². The van der Waals surface area contributed by atoms with Gasteiger partial charge in [0.2, 0.25) is 0 Å². The summed E-state index contributed by atoms with van der Waals surface area (Å²) in [6.45, 7) is 2.03. The molecule has 17 heavy (non-hydrogen) atoms. The fourth-order valence-corrected chi connectivity index (χ4v) is 1.81. The van der Waals surface area contributed by atoms with Gasteiger partial charge >= 0.3 is 0 Å². The average molecular weight is 298 g/mol. The van der Waals surface area contributed by atoms with Crippen molar-refractivity contribution in [3.05, 3.63) is 39.4 Å². The van der Waals surface area contributed by atoms with Crippen LogP contribution >= 0.6 is 15.9 Å². The van der Waals surface area contributed by atoms with E-state index in [1.54, 1.807) is 12.4 Å². The third kappa shape index (κ3) is 2.55. The largest absolute Gasteiger partial charge is 0.359 e. The van der Waals surface area contributed by atoms with Crippen LogP contribution in [0.3, 0.4) is 0 Å². The number of hydrogen-bond donors (Lipinski definition) is 3. The summed E-state index contributed by atoms with van der Waals surface area (Å²) in [6.07, 6.45) is 5.65. The van der Waals surface area contributed by atoms with Crippen molar-refractivity contribution in [3.63, 3.8) is 0 Å². The van der Waals surface area contributed by atoms with E-state index in [1.807, 2.05) is 6.92 Å². The van der Waals surface area contributed by atoms with Gasteiger partial charge in [0, 0.05) is 12.4 Å². The summed E-state index contributed by atoms with van der Waals surface area (Å²) in [4.78, 5) is 25.2. The molecule has 2 heterocycles. The highest BCUT2D eigenvalue weighted by Gasteiger charge is 2.14. The van der Waals surface area contributed by atoms with Crippen molar-refractivity contribution in [3.8, 4) is 0 Å². The molecule has 3 N–H and O–H groups in total. The molecule has 0 bridgehead atoms. The van der Waals surface area contributed by atoms with Gasteiger partial charge in [0.1, 0.15) is 16.1 Å². The lowest BCUT2D eigenvalue weighted by atomic mass is 10.2.